The van der Waals surface area contributed by atoms with Gasteiger partial charge >= 0.3 is 0 Å². The summed E-state index contributed by atoms with van der Waals surface area (Å²) >= 11 is 0. The van der Waals surface area contributed by atoms with E-state index in [0.717, 1.165) is 44.9 Å². The van der Waals surface area contributed by atoms with E-state index in [9.17, 15) is 19.4 Å². The van der Waals surface area contributed by atoms with E-state index in [1.54, 1.807) is 6.08 Å². The monoisotopic (exact) mass is 895 g/mol. The van der Waals surface area contributed by atoms with Gasteiger partial charge in [0.2, 0.25) is 5.91 Å². The largest absolute Gasteiger partial charge is 0.756 e. The van der Waals surface area contributed by atoms with E-state index in [1.165, 1.54) is 180 Å². The third-order valence-corrected chi connectivity index (χ3v) is 12.8. The van der Waals surface area contributed by atoms with Gasteiger partial charge in [-0.25, -0.2) is 0 Å². The van der Waals surface area contributed by atoms with Crippen molar-refractivity contribution in [2.45, 2.75) is 257 Å². The Kier molecular flexibility index (Phi) is 44.0. The molecule has 62 heavy (non-hydrogen) atoms. The molecule has 0 aromatic rings. The van der Waals surface area contributed by atoms with E-state index >= 15 is 0 Å². The molecule has 0 aromatic heterocycles. The number of rotatable bonds is 48. The number of hydrogen-bond acceptors (Lipinski definition) is 6. The fraction of sp³-hybridized carbons (Fsp3) is 0.868. The van der Waals surface area contributed by atoms with Crippen LogP contribution in [0.15, 0.2) is 36.5 Å². The maximum absolute atomic E-state index is 12.9. The summed E-state index contributed by atoms with van der Waals surface area (Å²) in [5.74, 6) is -0.208. The Hall–Kier alpha value is -1.28. The Balaban J connectivity index is 4.26. The number of aliphatic hydroxyl groups excluding tert-OH is 1. The molecule has 3 atom stereocenters. The number of allylic oxidation sites excluding steroid dienone is 5. The number of likely N-dealkylation sites (N-methyl/N-ethyl adjacent to an activating group) is 1. The first kappa shape index (κ1) is 60.7. The Morgan fingerprint density at radius 2 is 0.903 bits per heavy atom. The van der Waals surface area contributed by atoms with Gasteiger partial charge in [0, 0.05) is 6.42 Å². The van der Waals surface area contributed by atoms with Gasteiger partial charge in [-0.3, -0.25) is 9.36 Å². The molecule has 9 heteroatoms. The van der Waals surface area contributed by atoms with E-state index in [4.69, 9.17) is 9.05 Å². The van der Waals surface area contributed by atoms with Crippen LogP contribution < -0.4 is 10.2 Å². The van der Waals surface area contributed by atoms with Crippen LogP contribution in [-0.4, -0.2) is 68.5 Å². The van der Waals surface area contributed by atoms with Gasteiger partial charge in [0.05, 0.1) is 39.9 Å². The van der Waals surface area contributed by atoms with Crippen LogP contribution in [0.25, 0.3) is 0 Å². The minimum atomic E-state index is -4.60. The van der Waals surface area contributed by atoms with Crippen molar-refractivity contribution in [1.82, 2.24) is 5.32 Å². The second-order valence-electron chi connectivity index (χ2n) is 19.2. The lowest BCUT2D eigenvalue weighted by molar-refractivity contribution is -0.870. The Labute approximate surface area is 385 Å². The number of carbonyl (C=O) groups is 1. The molecule has 0 fully saturated rings. The van der Waals surface area contributed by atoms with Crippen LogP contribution in [0.4, 0.5) is 0 Å². The highest BCUT2D eigenvalue weighted by atomic mass is 31.2. The summed E-state index contributed by atoms with van der Waals surface area (Å²) in [7, 11) is 1.24. The minimum absolute atomic E-state index is 0.00762. The van der Waals surface area contributed by atoms with Crippen LogP contribution in [0.3, 0.4) is 0 Å². The molecule has 0 saturated heterocycles. The number of quaternary nitrogens is 1. The van der Waals surface area contributed by atoms with Crippen LogP contribution in [0.5, 0.6) is 0 Å². The van der Waals surface area contributed by atoms with Gasteiger partial charge in [-0.1, -0.05) is 230 Å². The van der Waals surface area contributed by atoms with E-state index in [-0.39, 0.29) is 12.5 Å². The molecule has 0 heterocycles. The number of nitrogens with one attached hydrogen (secondary N) is 1. The molecule has 366 valence electrons. The molecule has 0 aliphatic carbocycles. The first-order valence-electron chi connectivity index (χ1n) is 26.4. The topological polar surface area (TPSA) is 108 Å². The minimum Gasteiger partial charge on any atom is -0.756 e. The number of phosphoric ester groups is 1. The van der Waals surface area contributed by atoms with Crippen molar-refractivity contribution in [2.75, 3.05) is 40.9 Å². The average Bonchev–Trinajstić information content (AvgIpc) is 3.23. The lowest BCUT2D eigenvalue weighted by atomic mass is 10.0. The molecule has 0 bridgehead atoms. The summed E-state index contributed by atoms with van der Waals surface area (Å²) < 4.78 is 23.3. The molecule has 8 nitrogen and oxygen atoms in total. The van der Waals surface area contributed by atoms with Crippen LogP contribution >= 0.6 is 7.82 Å². The first-order valence-corrected chi connectivity index (χ1v) is 27.8. The number of phosphoric acid groups is 1. The second kappa shape index (κ2) is 44.9. The molecule has 0 aliphatic heterocycles. The summed E-state index contributed by atoms with van der Waals surface area (Å²) in [6.45, 7) is 4.63. The smallest absolute Gasteiger partial charge is 0.268 e. The fourth-order valence-electron chi connectivity index (χ4n) is 7.66. The summed E-state index contributed by atoms with van der Waals surface area (Å²) in [6, 6.07) is -0.906. The first-order chi connectivity index (χ1) is 30.0. The number of carbonyl (C=O) groups excluding carboxylic acids is 1. The molecule has 0 saturated carbocycles. The SMILES string of the molecule is CCCCCCCC/C=C/CC/C=C/CC/C=C/C(O)C(COP(=O)([O-])OCC[N+](C)(C)C)NC(=O)CCCCCCCCCCCCCCCCCCCCCCCCCC. The number of hydrogen-bond donors (Lipinski definition) is 2. The lowest BCUT2D eigenvalue weighted by Crippen LogP contribution is -2.45. The zero-order valence-corrected chi connectivity index (χ0v) is 42.5. The van der Waals surface area contributed by atoms with Gasteiger partial charge < -0.3 is 28.8 Å². The summed E-state index contributed by atoms with van der Waals surface area (Å²) in [5.41, 5.74) is 0. The van der Waals surface area contributed by atoms with Crippen LogP contribution in [0.1, 0.15) is 245 Å². The number of unbranched alkanes of at least 4 members (excludes halogenated alkanes) is 31. The highest BCUT2D eigenvalue weighted by Gasteiger charge is 2.23. The molecule has 0 rings (SSSR count). The van der Waals surface area contributed by atoms with Gasteiger partial charge in [0.15, 0.2) is 0 Å². The lowest BCUT2D eigenvalue weighted by Gasteiger charge is -2.29. The van der Waals surface area contributed by atoms with Gasteiger partial charge in [0.1, 0.15) is 13.2 Å². The quantitative estimate of drug-likeness (QED) is 0.0273. The molecule has 2 N–H and O–H groups in total. The van der Waals surface area contributed by atoms with Crippen molar-refractivity contribution < 1.29 is 32.9 Å². The molecule has 0 spiro atoms. The third kappa shape index (κ3) is 46.7. The molecular weight excluding hydrogens is 792 g/mol. The van der Waals surface area contributed by atoms with Crippen molar-refractivity contribution in [1.29, 1.82) is 0 Å². The normalized spacial score (nSPS) is 14.4. The van der Waals surface area contributed by atoms with Gasteiger partial charge in [-0.05, 0) is 44.9 Å². The Bertz CT molecular complexity index is 1110. The molecule has 0 radical (unpaired) electrons. The average molecular weight is 895 g/mol. The Morgan fingerprint density at radius 1 is 0.548 bits per heavy atom. The Morgan fingerprint density at radius 3 is 1.31 bits per heavy atom. The number of aliphatic hydroxyl groups is 1. The van der Waals surface area contributed by atoms with Crippen LogP contribution in [0.2, 0.25) is 0 Å². The van der Waals surface area contributed by atoms with Crippen LogP contribution in [0, 0.1) is 0 Å². The van der Waals surface area contributed by atoms with E-state index in [1.807, 2.05) is 27.2 Å². The molecule has 3 unspecified atom stereocenters. The fourth-order valence-corrected chi connectivity index (χ4v) is 8.38. The predicted octanol–water partition coefficient (Wildman–Crippen LogP) is 14.8. The summed E-state index contributed by atoms with van der Waals surface area (Å²) in [6.07, 6.45) is 56.4. The second-order valence-corrected chi connectivity index (χ2v) is 20.6. The highest BCUT2D eigenvalue weighted by Crippen LogP contribution is 2.38. The van der Waals surface area contributed by atoms with Gasteiger partial charge in [-0.15, -0.1) is 0 Å². The van der Waals surface area contributed by atoms with E-state index in [2.05, 4.69) is 43.5 Å². The molecule has 1 amide bonds. The molecule has 0 aromatic carbocycles. The summed E-state index contributed by atoms with van der Waals surface area (Å²) in [5, 5.41) is 13.8. The third-order valence-electron chi connectivity index (χ3n) is 11.8. The molecular formula is C53H103N2O6P. The summed E-state index contributed by atoms with van der Waals surface area (Å²) in [4.78, 5) is 25.4. The van der Waals surface area contributed by atoms with Crippen molar-refractivity contribution in [3.8, 4) is 0 Å². The van der Waals surface area contributed by atoms with Crippen molar-refractivity contribution >= 4 is 13.7 Å². The van der Waals surface area contributed by atoms with Crippen molar-refractivity contribution in [2.24, 2.45) is 0 Å². The number of nitrogens with zero attached hydrogens (tertiary/aromatic N) is 1. The van der Waals surface area contributed by atoms with Crippen molar-refractivity contribution in [3.05, 3.63) is 36.5 Å². The predicted molar refractivity (Wildman–Crippen MR) is 265 cm³/mol. The zero-order chi connectivity index (χ0) is 45.7. The number of amides is 1. The highest BCUT2D eigenvalue weighted by molar-refractivity contribution is 7.45. The van der Waals surface area contributed by atoms with E-state index < -0.39 is 26.6 Å². The standard InChI is InChI=1S/C53H103N2O6P/c1-6-8-10-12-14-16-18-20-22-24-25-26-27-28-29-30-31-33-35-37-39-41-43-45-47-53(57)54-51(50-61-62(58,59)60-49-48-55(3,4)5)52(56)46-44-42-40-38-36-34-32-23-21-19-17-15-13-11-9-7-2/h21,23,36,38,44,46,51-52,56H,6-20,22,24-35,37,39-43,45,47-50H2,1-5H3,(H-,54,57,58,59)/b23-21+,38-36+,46-44+. The maximum atomic E-state index is 12.9. The van der Waals surface area contributed by atoms with E-state index in [0.29, 0.717) is 17.4 Å². The van der Waals surface area contributed by atoms with Gasteiger partial charge in [0.25, 0.3) is 7.82 Å². The van der Waals surface area contributed by atoms with Crippen molar-refractivity contribution in [3.63, 3.8) is 0 Å². The zero-order valence-electron chi connectivity index (χ0n) is 41.6. The maximum Gasteiger partial charge on any atom is 0.268 e. The van der Waals surface area contributed by atoms with Crippen LogP contribution in [-0.2, 0) is 18.4 Å². The molecule has 0 aliphatic rings. The van der Waals surface area contributed by atoms with Gasteiger partial charge in [-0.2, -0.15) is 0 Å².